The van der Waals surface area contributed by atoms with Crippen molar-refractivity contribution in [1.82, 2.24) is 0 Å². The first kappa shape index (κ1) is 25.6. The quantitative estimate of drug-likeness (QED) is 0.181. The van der Waals surface area contributed by atoms with Crippen LogP contribution in [0.1, 0.15) is 29.8 Å². The molecule has 1 heterocycles. The molecule has 2 aromatic carbocycles. The number of rotatable bonds is 10. The van der Waals surface area contributed by atoms with Gasteiger partial charge < -0.3 is 14.7 Å². The first-order chi connectivity index (χ1) is 16.8. The third-order valence-corrected chi connectivity index (χ3v) is 5.07. The van der Waals surface area contributed by atoms with Crippen molar-refractivity contribution in [1.29, 1.82) is 0 Å². The summed E-state index contributed by atoms with van der Waals surface area (Å²) in [6.45, 7) is 3.61. The number of ether oxygens (including phenoxy) is 1. The smallest absolute Gasteiger partial charge is 0.339 e. The monoisotopic (exact) mass is 481 g/mol. The number of carboxylic acids is 1. The summed E-state index contributed by atoms with van der Waals surface area (Å²) in [4.78, 5) is 49.9. The van der Waals surface area contributed by atoms with Crippen LogP contribution in [0.4, 0.5) is 11.4 Å². The van der Waals surface area contributed by atoms with E-state index in [0.29, 0.717) is 11.3 Å². The molecule has 0 aromatic heterocycles. The van der Waals surface area contributed by atoms with E-state index in [1.54, 1.807) is 26.0 Å². The van der Waals surface area contributed by atoms with E-state index in [1.165, 1.54) is 24.3 Å². The predicted octanol–water partition coefficient (Wildman–Crippen LogP) is 3.14. The number of carboxylic acid groups (broad SMARTS) is 1. The Balaban J connectivity index is 2.14. The van der Waals surface area contributed by atoms with E-state index in [2.05, 4.69) is 5.10 Å². The van der Waals surface area contributed by atoms with E-state index in [0.717, 1.165) is 10.7 Å². The summed E-state index contributed by atoms with van der Waals surface area (Å²) in [5.41, 5.74) is 2.01. The average Bonchev–Trinajstić information content (AvgIpc) is 3.16. The Kier molecular flexibility index (Phi) is 8.34. The Morgan fingerprint density at radius 3 is 2.11 bits per heavy atom. The van der Waals surface area contributed by atoms with E-state index in [1.807, 2.05) is 31.1 Å². The number of hydrogen-bond acceptors (Lipinski definition) is 8. The van der Waals surface area contributed by atoms with Gasteiger partial charge in [0.15, 0.2) is 0 Å². The fourth-order valence-corrected chi connectivity index (χ4v) is 3.39. The number of aromatic carboxylic acids is 1. The van der Waals surface area contributed by atoms with Crippen LogP contribution in [0.15, 0.2) is 59.2 Å². The van der Waals surface area contributed by atoms with Crippen molar-refractivity contribution < 1.29 is 34.0 Å². The van der Waals surface area contributed by atoms with Crippen molar-refractivity contribution in [2.75, 3.05) is 43.8 Å². The Morgan fingerprint density at radius 2 is 1.57 bits per heavy atom. The lowest BCUT2D eigenvalue weighted by Crippen LogP contribution is -2.25. The second kappa shape index (κ2) is 11.4. The normalized spacial score (nSPS) is 14.6. The van der Waals surface area contributed by atoms with E-state index in [-0.39, 0.29) is 42.2 Å². The van der Waals surface area contributed by atoms with Gasteiger partial charge in [-0.2, -0.15) is 10.1 Å². The van der Waals surface area contributed by atoms with Crippen molar-refractivity contribution >= 4 is 40.5 Å². The number of esters is 1. The molecule has 0 fully saturated rings. The number of carbonyl (C=O) groups is 3. The van der Waals surface area contributed by atoms with Crippen LogP contribution in [0.5, 0.6) is 0 Å². The van der Waals surface area contributed by atoms with E-state index in [9.17, 15) is 14.4 Å². The van der Waals surface area contributed by atoms with E-state index >= 15 is 0 Å². The van der Waals surface area contributed by atoms with Crippen LogP contribution >= 0.6 is 0 Å². The lowest BCUT2D eigenvalue weighted by Gasteiger charge is -2.16. The maximum absolute atomic E-state index is 13.6. The minimum Gasteiger partial charge on any atom is -0.478 e. The van der Waals surface area contributed by atoms with E-state index in [4.69, 9.17) is 19.6 Å². The standard InChI is InChI=1S/C25H27N3O7/c1-5-33-25(32)21(16-7-11-18(12-8-16)27(3)4)22-20(15-35-34-6-2)26-28(23(22)29)19-13-9-17(10-14-19)24(30)31/h7-14H,5-6,15H2,1-4H3,(H,30,31)/b22-21+. The molecule has 0 bridgehead atoms. The molecule has 184 valence electrons. The fraction of sp³-hybridized carbons (Fsp3) is 0.280. The zero-order valence-electron chi connectivity index (χ0n) is 20.0. The molecule has 35 heavy (non-hydrogen) atoms. The summed E-state index contributed by atoms with van der Waals surface area (Å²) in [5, 5.41) is 14.6. The van der Waals surface area contributed by atoms with E-state index < -0.39 is 17.8 Å². The van der Waals surface area contributed by atoms with Crippen LogP contribution in [0.25, 0.3) is 5.57 Å². The molecule has 0 spiro atoms. The van der Waals surface area contributed by atoms with Crippen LogP contribution in [-0.2, 0) is 24.1 Å². The molecular formula is C25H27N3O7. The van der Waals surface area contributed by atoms with Crippen LogP contribution < -0.4 is 9.91 Å². The number of benzene rings is 2. The van der Waals surface area contributed by atoms with Gasteiger partial charge in [-0.05, 0) is 55.8 Å². The lowest BCUT2D eigenvalue weighted by molar-refractivity contribution is -0.279. The maximum Gasteiger partial charge on any atom is 0.339 e. The molecular weight excluding hydrogens is 454 g/mol. The highest BCUT2D eigenvalue weighted by molar-refractivity contribution is 6.40. The van der Waals surface area contributed by atoms with Gasteiger partial charge in [-0.15, -0.1) is 0 Å². The van der Waals surface area contributed by atoms with Crippen molar-refractivity contribution in [3.8, 4) is 0 Å². The fourth-order valence-electron chi connectivity index (χ4n) is 3.39. The third kappa shape index (κ3) is 5.73. The summed E-state index contributed by atoms with van der Waals surface area (Å²) in [6.07, 6.45) is 0. The Hall–Kier alpha value is -4.02. The summed E-state index contributed by atoms with van der Waals surface area (Å²) < 4.78 is 5.28. The summed E-state index contributed by atoms with van der Waals surface area (Å²) in [6, 6.07) is 12.8. The Bertz CT molecular complexity index is 1150. The number of hydrogen-bond donors (Lipinski definition) is 1. The number of anilines is 2. The van der Waals surface area contributed by atoms with Crippen LogP contribution in [0, 0.1) is 0 Å². The topological polar surface area (TPSA) is 118 Å². The molecule has 10 heteroatoms. The van der Waals surface area contributed by atoms with Crippen LogP contribution in [-0.4, -0.2) is 62.6 Å². The molecule has 3 rings (SSSR count). The molecule has 1 aliphatic rings. The molecule has 10 nitrogen and oxygen atoms in total. The zero-order valence-corrected chi connectivity index (χ0v) is 20.0. The maximum atomic E-state index is 13.6. The van der Waals surface area contributed by atoms with Crippen LogP contribution in [0.2, 0.25) is 0 Å². The number of carbonyl (C=O) groups excluding carboxylic acids is 2. The highest BCUT2D eigenvalue weighted by atomic mass is 17.2. The van der Waals surface area contributed by atoms with Crippen molar-refractivity contribution in [3.05, 3.63) is 65.2 Å². The third-order valence-electron chi connectivity index (χ3n) is 5.07. The molecule has 0 saturated heterocycles. The molecule has 0 atom stereocenters. The van der Waals surface area contributed by atoms with Crippen molar-refractivity contribution in [2.45, 2.75) is 13.8 Å². The van der Waals surface area contributed by atoms with Gasteiger partial charge in [0.25, 0.3) is 5.91 Å². The minimum absolute atomic E-state index is 0.0167. The largest absolute Gasteiger partial charge is 0.478 e. The van der Waals surface area contributed by atoms with Gasteiger partial charge in [0.2, 0.25) is 0 Å². The minimum atomic E-state index is -1.09. The number of nitrogens with zero attached hydrogens (tertiary/aromatic N) is 3. The van der Waals surface area contributed by atoms with Gasteiger partial charge in [0, 0.05) is 19.8 Å². The SMILES string of the molecule is CCOOCC1=NN(c2ccc(C(=O)O)cc2)C(=O)/C1=C(/C(=O)OCC)c1ccc(N(C)C)cc1. The summed E-state index contributed by atoms with van der Waals surface area (Å²) in [7, 11) is 3.78. The molecule has 0 aliphatic carbocycles. The average molecular weight is 482 g/mol. The van der Waals surface area contributed by atoms with Crippen LogP contribution in [0.3, 0.4) is 0 Å². The first-order valence-corrected chi connectivity index (χ1v) is 11.0. The zero-order chi connectivity index (χ0) is 25.5. The molecule has 1 aliphatic heterocycles. The second-order valence-electron chi connectivity index (χ2n) is 7.60. The van der Waals surface area contributed by atoms with Crippen molar-refractivity contribution in [2.24, 2.45) is 5.10 Å². The predicted molar refractivity (Wildman–Crippen MR) is 130 cm³/mol. The van der Waals surface area contributed by atoms with Gasteiger partial charge in [-0.3, -0.25) is 4.79 Å². The highest BCUT2D eigenvalue weighted by Crippen LogP contribution is 2.31. The molecule has 0 unspecified atom stereocenters. The molecule has 1 amide bonds. The lowest BCUT2D eigenvalue weighted by atomic mass is 9.96. The van der Waals surface area contributed by atoms with Crippen molar-refractivity contribution in [3.63, 3.8) is 0 Å². The summed E-state index contributed by atoms with van der Waals surface area (Å²) in [5.74, 6) is -2.35. The van der Waals surface area contributed by atoms with Gasteiger partial charge in [0.05, 0.1) is 35.6 Å². The van der Waals surface area contributed by atoms with Gasteiger partial charge in [0.1, 0.15) is 12.3 Å². The molecule has 0 radical (unpaired) electrons. The first-order valence-electron chi connectivity index (χ1n) is 11.0. The Morgan fingerprint density at radius 1 is 0.943 bits per heavy atom. The van der Waals surface area contributed by atoms with Gasteiger partial charge >= 0.3 is 11.9 Å². The second-order valence-corrected chi connectivity index (χ2v) is 7.60. The number of hydrazone groups is 1. The highest BCUT2D eigenvalue weighted by Gasteiger charge is 2.37. The van der Waals surface area contributed by atoms with Gasteiger partial charge in [-0.25, -0.2) is 19.4 Å². The molecule has 1 N–H and O–H groups in total. The molecule has 2 aromatic rings. The molecule has 0 saturated carbocycles. The van der Waals surface area contributed by atoms with Gasteiger partial charge in [-0.1, -0.05) is 12.1 Å². The number of amides is 1. The Labute approximate surface area is 202 Å². The summed E-state index contributed by atoms with van der Waals surface area (Å²) >= 11 is 0.